The van der Waals surface area contributed by atoms with Crippen LogP contribution in [0.2, 0.25) is 5.02 Å². The highest BCUT2D eigenvalue weighted by atomic mass is 35.5. The van der Waals surface area contributed by atoms with Gasteiger partial charge >= 0.3 is 0 Å². The molecule has 4 aromatic carbocycles. The molecule has 3 aliphatic heterocycles. The molecule has 1 fully saturated rings. The number of rotatable bonds is 11. The summed E-state index contributed by atoms with van der Waals surface area (Å²) in [6.45, 7) is 17.4. The second-order valence-corrected chi connectivity index (χ2v) is 22.5. The lowest BCUT2D eigenvalue weighted by Crippen LogP contribution is -2.39. The van der Waals surface area contributed by atoms with Gasteiger partial charge in [0.1, 0.15) is 17.2 Å². The van der Waals surface area contributed by atoms with Gasteiger partial charge in [-0.2, -0.15) is 0 Å². The Hall–Kier alpha value is -8.89. The van der Waals surface area contributed by atoms with E-state index in [0.29, 0.717) is 66.2 Å². The molecule has 0 N–H and O–H groups in total. The van der Waals surface area contributed by atoms with Crippen LogP contribution in [0.25, 0.3) is 18.2 Å². The van der Waals surface area contributed by atoms with Gasteiger partial charge in [0, 0.05) is 55.3 Å². The normalized spacial score (nSPS) is 15.5. The number of hydrogen-bond acceptors (Lipinski definition) is 9. The van der Waals surface area contributed by atoms with Crippen molar-refractivity contribution in [2.45, 2.75) is 126 Å². The van der Waals surface area contributed by atoms with Crippen molar-refractivity contribution < 1.29 is 43.0 Å². The molecule has 12 nitrogen and oxygen atoms in total. The smallest absolute Gasteiger partial charge is 0.268 e. The lowest BCUT2D eigenvalue weighted by Gasteiger charge is -2.28. The fraction of sp³-hybridized carbons (Fsp3) is 0.351. The van der Waals surface area contributed by atoms with E-state index in [1.165, 1.54) is 52.2 Å². The van der Waals surface area contributed by atoms with Crippen LogP contribution in [0.4, 0.5) is 0 Å². The van der Waals surface area contributed by atoms with E-state index in [4.69, 9.17) is 25.8 Å². The lowest BCUT2D eigenvalue weighted by atomic mass is 9.76. The van der Waals surface area contributed by atoms with Crippen LogP contribution in [0.1, 0.15) is 140 Å². The molecule has 1 saturated carbocycles. The number of unbranched alkanes of at least 4 members (excludes halogenated alkanes) is 2. The average molecular weight is 1190 g/mol. The van der Waals surface area contributed by atoms with E-state index in [0.717, 1.165) is 99.4 Å². The first kappa shape index (κ1) is 67.2. The van der Waals surface area contributed by atoms with E-state index in [-0.39, 0.29) is 35.0 Å². The van der Waals surface area contributed by atoms with Gasteiger partial charge in [-0.25, -0.2) is 0 Å². The Kier molecular flexibility index (Phi) is 25.2. The molecule has 0 radical (unpaired) electrons. The standard InChI is InChI=1S/C26H31NO3.C25H22ClNO3.C23H27NO3/c1-19-17-21(18-23(30-4)20(19)2)10-11-24(28)27-16-8-9-22(25(27)29)12-15-26(3)13-6-5-7-14-26;1-17-15-19(16-23(30-3)18(17)2)10-13-24(28)27-14-6-8-21(25(27)29)12-11-20-7-4-5-9-22(20)26;1-5-6-7-8-10-20-11-9-14-24(23(20)26)22(25)13-12-19-15-17(2)18(3)21(16-19)27-4/h9-11,17-18H,5-8,13-14,16H2,1-4H3;4-5,7-10,13,15-16H,6,14H2,1-3H3;11-13,15-16H,5-7,9,14H2,1-4H3/b11-10+;13-10+;13-12+. The number of aryl methyl sites for hydroxylation is 3. The van der Waals surface area contributed by atoms with Crippen LogP contribution < -0.4 is 14.2 Å². The van der Waals surface area contributed by atoms with Crippen molar-refractivity contribution in [1.82, 2.24) is 14.7 Å². The maximum Gasteiger partial charge on any atom is 0.268 e. The van der Waals surface area contributed by atoms with E-state index in [1.807, 2.05) is 102 Å². The number of amides is 6. The maximum atomic E-state index is 12.8. The zero-order valence-corrected chi connectivity index (χ0v) is 53.0. The zero-order valence-electron chi connectivity index (χ0n) is 52.3. The SMILES string of the molecule is CCCCC#CC1=CCCN(C(=O)/C=C/c2cc(C)c(C)c(OC)c2)C1=O.COc1cc(/C=C/C(=O)N2CCC=C(C#CC3(C)CCCCC3)C2=O)cc(C)c1C.COc1cc(/C=C/C(=O)N2CCC=C(C#Cc3ccccc3Cl)C2=O)cc(C)c1C. The first-order valence-electron chi connectivity index (χ1n) is 29.7. The van der Waals surface area contributed by atoms with Gasteiger partial charge in [-0.05, 0) is 186 Å². The molecule has 1 aliphatic carbocycles. The number of imide groups is 3. The van der Waals surface area contributed by atoms with Crippen molar-refractivity contribution in [2.24, 2.45) is 5.41 Å². The van der Waals surface area contributed by atoms with Gasteiger partial charge in [0.15, 0.2) is 0 Å². The molecule has 0 spiro atoms. The molecule has 4 aliphatic rings. The van der Waals surface area contributed by atoms with Crippen LogP contribution in [-0.4, -0.2) is 91.1 Å². The summed E-state index contributed by atoms with van der Waals surface area (Å²) in [5.74, 6) is 18.5. The van der Waals surface area contributed by atoms with Crippen molar-refractivity contribution in [2.75, 3.05) is 41.0 Å². The Morgan fingerprint density at radius 3 is 1.33 bits per heavy atom. The molecule has 0 saturated heterocycles. The number of ether oxygens (including phenoxy) is 3. The molecule has 13 heteroatoms. The molecule has 3 heterocycles. The Morgan fingerprint density at radius 1 is 0.552 bits per heavy atom. The Morgan fingerprint density at radius 2 is 0.943 bits per heavy atom. The van der Waals surface area contributed by atoms with Crippen LogP contribution in [0.3, 0.4) is 0 Å². The Bertz CT molecular complexity index is 3660. The zero-order chi connectivity index (χ0) is 63.2. The first-order chi connectivity index (χ1) is 41.7. The van der Waals surface area contributed by atoms with Gasteiger partial charge in [-0.3, -0.25) is 43.5 Å². The highest BCUT2D eigenvalue weighted by Crippen LogP contribution is 2.35. The molecule has 4 aromatic rings. The molecule has 0 bridgehead atoms. The summed E-state index contributed by atoms with van der Waals surface area (Å²) in [7, 11) is 4.88. The molecule has 0 atom stereocenters. The number of hydrogen-bond donors (Lipinski definition) is 0. The van der Waals surface area contributed by atoms with Crippen LogP contribution >= 0.6 is 11.6 Å². The minimum Gasteiger partial charge on any atom is -0.496 e. The minimum atomic E-state index is -0.395. The quantitative estimate of drug-likeness (QED) is 0.0815. The van der Waals surface area contributed by atoms with Crippen molar-refractivity contribution in [3.05, 3.63) is 174 Å². The van der Waals surface area contributed by atoms with E-state index in [2.05, 4.69) is 49.4 Å². The first-order valence-corrected chi connectivity index (χ1v) is 30.1. The fourth-order valence-electron chi connectivity index (χ4n) is 10.0. The van der Waals surface area contributed by atoms with Crippen molar-refractivity contribution >= 4 is 65.3 Å². The topological polar surface area (TPSA) is 140 Å². The molecule has 87 heavy (non-hydrogen) atoms. The number of benzene rings is 4. The lowest BCUT2D eigenvalue weighted by molar-refractivity contribution is -0.141. The van der Waals surface area contributed by atoms with Gasteiger partial charge < -0.3 is 14.2 Å². The molecule has 8 rings (SSSR count). The van der Waals surface area contributed by atoms with Crippen LogP contribution in [0.15, 0.2) is 114 Å². The van der Waals surface area contributed by atoms with Gasteiger partial charge in [0.05, 0.1) is 43.1 Å². The highest BCUT2D eigenvalue weighted by molar-refractivity contribution is 6.31. The molecular formula is C74H80ClN3O9. The predicted octanol–water partition coefficient (Wildman–Crippen LogP) is 13.9. The Balaban J connectivity index is 0.000000209. The van der Waals surface area contributed by atoms with Gasteiger partial charge in [0.2, 0.25) is 0 Å². The fourth-order valence-corrected chi connectivity index (χ4v) is 10.2. The van der Waals surface area contributed by atoms with Crippen LogP contribution in [0, 0.1) is 82.5 Å². The van der Waals surface area contributed by atoms with Crippen molar-refractivity contribution in [1.29, 1.82) is 0 Å². The summed E-state index contributed by atoms with van der Waals surface area (Å²) in [4.78, 5) is 79.7. The number of carbonyl (C=O) groups excluding carboxylic acids is 6. The third kappa shape index (κ3) is 18.8. The number of nitrogens with zero attached hydrogens (tertiary/aromatic N) is 3. The minimum absolute atomic E-state index is 0.0199. The van der Waals surface area contributed by atoms with Gasteiger partial charge in [-0.15, -0.1) is 0 Å². The highest BCUT2D eigenvalue weighted by Gasteiger charge is 2.29. The second kappa shape index (κ2) is 32.6. The third-order valence-electron chi connectivity index (χ3n) is 15.7. The third-order valence-corrected chi connectivity index (χ3v) is 16.0. The summed E-state index contributed by atoms with van der Waals surface area (Å²) in [6.07, 6.45) is 25.4. The van der Waals surface area contributed by atoms with E-state index >= 15 is 0 Å². The summed E-state index contributed by atoms with van der Waals surface area (Å²) in [5, 5.41) is 0.522. The van der Waals surface area contributed by atoms with E-state index < -0.39 is 5.91 Å². The molecule has 0 aromatic heterocycles. The number of methoxy groups -OCH3 is 3. The largest absolute Gasteiger partial charge is 0.496 e. The molecule has 452 valence electrons. The van der Waals surface area contributed by atoms with Gasteiger partial charge in [0.25, 0.3) is 35.4 Å². The Labute approximate surface area is 520 Å². The van der Waals surface area contributed by atoms with E-state index in [1.54, 1.807) is 57.8 Å². The summed E-state index contributed by atoms with van der Waals surface area (Å²) >= 11 is 6.11. The number of carbonyl (C=O) groups is 6. The van der Waals surface area contributed by atoms with Crippen LogP contribution in [-0.2, 0) is 28.8 Å². The molecular weight excluding hydrogens is 1110 g/mol. The summed E-state index contributed by atoms with van der Waals surface area (Å²) in [6, 6.07) is 18.8. The molecule has 0 unspecified atom stereocenters. The monoisotopic (exact) mass is 1190 g/mol. The molecule has 6 amide bonds. The summed E-state index contributed by atoms with van der Waals surface area (Å²) < 4.78 is 16.1. The van der Waals surface area contributed by atoms with Gasteiger partial charge in [-0.1, -0.05) is 128 Å². The summed E-state index contributed by atoms with van der Waals surface area (Å²) in [5.41, 5.74) is 10.8. The van der Waals surface area contributed by atoms with Crippen molar-refractivity contribution in [3.63, 3.8) is 0 Å². The maximum absolute atomic E-state index is 12.8. The van der Waals surface area contributed by atoms with Crippen molar-refractivity contribution in [3.8, 4) is 52.8 Å². The van der Waals surface area contributed by atoms with Crippen LogP contribution in [0.5, 0.6) is 17.2 Å². The predicted molar refractivity (Wildman–Crippen MR) is 347 cm³/mol. The van der Waals surface area contributed by atoms with E-state index in [9.17, 15) is 28.8 Å². The average Bonchev–Trinajstić information content (AvgIpc) is 3.47. The second-order valence-electron chi connectivity index (χ2n) is 22.1. The number of halogens is 1.